The Morgan fingerprint density at radius 2 is 1.50 bits per heavy atom. The van der Waals surface area contributed by atoms with Gasteiger partial charge in [-0.15, -0.1) is 0 Å². The summed E-state index contributed by atoms with van der Waals surface area (Å²) in [5.41, 5.74) is 10.4. The molecule has 0 amide bonds. The van der Waals surface area contributed by atoms with Gasteiger partial charge in [-0.05, 0) is 37.3 Å². The highest BCUT2D eigenvalue weighted by atomic mass is 14.9. The minimum Gasteiger partial charge on any atom is -0.399 e. The van der Waals surface area contributed by atoms with E-state index in [1.165, 1.54) is 0 Å². The third kappa shape index (κ3) is 2.52. The van der Waals surface area contributed by atoms with Gasteiger partial charge < -0.3 is 5.73 Å². The molecule has 0 aliphatic carbocycles. The molecule has 0 atom stereocenters. The van der Waals surface area contributed by atoms with Crippen molar-refractivity contribution in [2.45, 2.75) is 6.92 Å². The van der Waals surface area contributed by atoms with E-state index >= 15 is 0 Å². The molecule has 3 nitrogen and oxygen atoms in total. The third-order valence-corrected chi connectivity index (χ3v) is 3.09. The molecule has 0 fully saturated rings. The van der Waals surface area contributed by atoms with Crippen LogP contribution in [0.1, 0.15) is 5.69 Å². The molecule has 0 spiro atoms. The van der Waals surface area contributed by atoms with Crippen molar-refractivity contribution in [2.24, 2.45) is 0 Å². The highest BCUT2D eigenvalue weighted by Crippen LogP contribution is 2.22. The fourth-order valence-electron chi connectivity index (χ4n) is 2.09. The van der Waals surface area contributed by atoms with Gasteiger partial charge in [0.05, 0.1) is 5.69 Å². The summed E-state index contributed by atoms with van der Waals surface area (Å²) >= 11 is 0. The summed E-state index contributed by atoms with van der Waals surface area (Å²) in [5.74, 6) is 0.726. The number of aryl methyl sites for hydroxylation is 1. The van der Waals surface area contributed by atoms with Gasteiger partial charge in [-0.25, -0.2) is 9.97 Å². The van der Waals surface area contributed by atoms with Gasteiger partial charge in [-0.3, -0.25) is 0 Å². The first kappa shape index (κ1) is 12.4. The highest BCUT2D eigenvalue weighted by Gasteiger charge is 2.06. The highest BCUT2D eigenvalue weighted by molar-refractivity contribution is 5.65. The first-order valence-electron chi connectivity index (χ1n) is 6.49. The Labute approximate surface area is 118 Å². The molecular formula is C17H15N3. The summed E-state index contributed by atoms with van der Waals surface area (Å²) in [6.45, 7) is 1.98. The van der Waals surface area contributed by atoms with Crippen molar-refractivity contribution in [3.05, 3.63) is 66.4 Å². The van der Waals surface area contributed by atoms with Gasteiger partial charge in [0, 0.05) is 22.5 Å². The van der Waals surface area contributed by atoms with Gasteiger partial charge in [0.15, 0.2) is 5.82 Å². The molecule has 1 heterocycles. The van der Waals surface area contributed by atoms with E-state index in [9.17, 15) is 0 Å². The monoisotopic (exact) mass is 261 g/mol. The largest absolute Gasteiger partial charge is 0.399 e. The second-order valence-corrected chi connectivity index (χ2v) is 4.71. The summed E-state index contributed by atoms with van der Waals surface area (Å²) in [4.78, 5) is 9.16. The summed E-state index contributed by atoms with van der Waals surface area (Å²) in [5, 5.41) is 0. The van der Waals surface area contributed by atoms with E-state index in [2.05, 4.69) is 22.1 Å². The molecule has 0 aliphatic rings. The Morgan fingerprint density at radius 1 is 0.800 bits per heavy atom. The molecule has 2 aromatic carbocycles. The van der Waals surface area contributed by atoms with Crippen LogP contribution in [0.2, 0.25) is 0 Å². The van der Waals surface area contributed by atoms with Crippen molar-refractivity contribution in [1.29, 1.82) is 0 Å². The zero-order chi connectivity index (χ0) is 13.9. The molecule has 0 bridgehead atoms. The van der Waals surface area contributed by atoms with E-state index in [1.807, 2.05) is 55.5 Å². The van der Waals surface area contributed by atoms with Gasteiger partial charge in [-0.2, -0.15) is 0 Å². The molecule has 0 unspecified atom stereocenters. The first-order chi connectivity index (χ1) is 9.72. The standard InChI is InChI=1S/C17H15N3/c1-12-11-16(13-5-3-2-4-6-13)20-17(19-12)14-7-9-15(18)10-8-14/h2-11H,18H2,1H3. The minimum atomic E-state index is 0.726. The van der Waals surface area contributed by atoms with E-state index in [0.29, 0.717) is 0 Å². The molecule has 98 valence electrons. The Balaban J connectivity index is 2.09. The predicted octanol–water partition coefficient (Wildman–Crippen LogP) is 3.70. The summed E-state index contributed by atoms with van der Waals surface area (Å²) < 4.78 is 0. The molecule has 20 heavy (non-hydrogen) atoms. The summed E-state index contributed by atoms with van der Waals surface area (Å²) in [6.07, 6.45) is 0. The second kappa shape index (κ2) is 5.13. The van der Waals surface area contributed by atoms with Crippen molar-refractivity contribution in [3.63, 3.8) is 0 Å². The van der Waals surface area contributed by atoms with Crippen molar-refractivity contribution in [1.82, 2.24) is 9.97 Å². The normalized spacial score (nSPS) is 10.4. The van der Waals surface area contributed by atoms with Gasteiger partial charge in [0.2, 0.25) is 0 Å². The molecule has 0 aliphatic heterocycles. The van der Waals surface area contributed by atoms with E-state index < -0.39 is 0 Å². The number of hydrogen-bond acceptors (Lipinski definition) is 3. The Hall–Kier alpha value is -2.68. The van der Waals surface area contributed by atoms with Crippen molar-refractivity contribution in [3.8, 4) is 22.6 Å². The Morgan fingerprint density at radius 3 is 2.20 bits per heavy atom. The molecule has 3 aromatic rings. The summed E-state index contributed by atoms with van der Waals surface area (Å²) in [7, 11) is 0. The van der Waals surface area contributed by atoms with Crippen LogP contribution in [0.5, 0.6) is 0 Å². The van der Waals surface area contributed by atoms with E-state index in [4.69, 9.17) is 5.73 Å². The lowest BCUT2D eigenvalue weighted by Gasteiger charge is -2.06. The number of nitrogens with zero attached hydrogens (tertiary/aromatic N) is 2. The molecule has 0 saturated heterocycles. The minimum absolute atomic E-state index is 0.726. The van der Waals surface area contributed by atoms with Gasteiger partial charge >= 0.3 is 0 Å². The van der Waals surface area contributed by atoms with Crippen LogP contribution >= 0.6 is 0 Å². The summed E-state index contributed by atoms with van der Waals surface area (Å²) in [6, 6.07) is 19.7. The maximum atomic E-state index is 5.71. The molecule has 1 aromatic heterocycles. The third-order valence-electron chi connectivity index (χ3n) is 3.09. The number of nitrogens with two attached hydrogens (primary N) is 1. The van der Waals surface area contributed by atoms with Crippen LogP contribution in [-0.4, -0.2) is 9.97 Å². The van der Waals surface area contributed by atoms with Crippen molar-refractivity contribution < 1.29 is 0 Å². The van der Waals surface area contributed by atoms with E-state index in [0.717, 1.165) is 34.0 Å². The quantitative estimate of drug-likeness (QED) is 0.715. The van der Waals surface area contributed by atoms with E-state index in [-0.39, 0.29) is 0 Å². The van der Waals surface area contributed by atoms with Crippen LogP contribution in [0.3, 0.4) is 0 Å². The maximum absolute atomic E-state index is 5.71. The first-order valence-corrected chi connectivity index (χ1v) is 6.49. The predicted molar refractivity (Wildman–Crippen MR) is 82.1 cm³/mol. The molecule has 0 saturated carbocycles. The fourth-order valence-corrected chi connectivity index (χ4v) is 2.09. The number of anilines is 1. The van der Waals surface area contributed by atoms with Crippen LogP contribution < -0.4 is 5.73 Å². The van der Waals surface area contributed by atoms with Gasteiger partial charge in [-0.1, -0.05) is 30.3 Å². The van der Waals surface area contributed by atoms with Crippen LogP contribution in [0, 0.1) is 6.92 Å². The van der Waals surface area contributed by atoms with Crippen LogP contribution in [0.4, 0.5) is 5.69 Å². The lowest BCUT2D eigenvalue weighted by atomic mass is 10.1. The average Bonchev–Trinajstić information content (AvgIpc) is 2.48. The zero-order valence-electron chi connectivity index (χ0n) is 11.2. The molecular weight excluding hydrogens is 246 g/mol. The number of benzene rings is 2. The number of nitrogen functional groups attached to an aromatic ring is 1. The van der Waals surface area contributed by atoms with Crippen molar-refractivity contribution in [2.75, 3.05) is 5.73 Å². The molecule has 2 N–H and O–H groups in total. The Kier molecular flexibility index (Phi) is 3.17. The van der Waals surface area contributed by atoms with Crippen LogP contribution in [0.15, 0.2) is 60.7 Å². The fraction of sp³-hybridized carbons (Fsp3) is 0.0588. The lowest BCUT2D eigenvalue weighted by molar-refractivity contribution is 1.12. The topological polar surface area (TPSA) is 51.8 Å². The number of rotatable bonds is 2. The number of hydrogen-bond donors (Lipinski definition) is 1. The zero-order valence-corrected chi connectivity index (χ0v) is 11.2. The van der Waals surface area contributed by atoms with Crippen molar-refractivity contribution >= 4 is 5.69 Å². The SMILES string of the molecule is Cc1cc(-c2ccccc2)nc(-c2ccc(N)cc2)n1. The Bertz CT molecular complexity index is 719. The van der Waals surface area contributed by atoms with Crippen LogP contribution in [0.25, 0.3) is 22.6 Å². The smallest absolute Gasteiger partial charge is 0.160 e. The molecule has 3 rings (SSSR count). The van der Waals surface area contributed by atoms with E-state index in [1.54, 1.807) is 0 Å². The van der Waals surface area contributed by atoms with Gasteiger partial charge in [0.25, 0.3) is 0 Å². The molecule has 0 radical (unpaired) electrons. The average molecular weight is 261 g/mol. The lowest BCUT2D eigenvalue weighted by Crippen LogP contribution is -1.95. The second-order valence-electron chi connectivity index (χ2n) is 4.71. The maximum Gasteiger partial charge on any atom is 0.160 e. The van der Waals surface area contributed by atoms with Gasteiger partial charge in [0.1, 0.15) is 0 Å². The molecule has 3 heteroatoms. The van der Waals surface area contributed by atoms with Crippen LogP contribution in [-0.2, 0) is 0 Å². The number of aromatic nitrogens is 2.